The first-order valence-electron chi connectivity index (χ1n) is 4.14. The number of nitrogens with one attached hydrogen (secondary N) is 1. The largest absolute Gasteiger partial charge is 0.384 e. The molecule has 0 aromatic carbocycles. The van der Waals surface area contributed by atoms with E-state index < -0.39 is 10.0 Å². The molecule has 0 bridgehead atoms. The number of halogens is 1. The standard InChI is InChI=1S/C8H11BrN2O3S/c1-14-4-5-15(12,13)11-8-2-3-10-6-7(8)9/h2-3,6H,4-5H2,1H3,(H,10,11). The van der Waals surface area contributed by atoms with E-state index in [0.29, 0.717) is 10.2 Å². The molecule has 0 spiro atoms. The second-order valence-corrected chi connectivity index (χ2v) is 5.47. The summed E-state index contributed by atoms with van der Waals surface area (Å²) in [6, 6.07) is 1.58. The van der Waals surface area contributed by atoms with Crippen LogP contribution in [0.2, 0.25) is 0 Å². The molecule has 0 aliphatic rings. The topological polar surface area (TPSA) is 68.3 Å². The number of hydrogen-bond donors (Lipinski definition) is 1. The van der Waals surface area contributed by atoms with Crippen molar-refractivity contribution in [2.24, 2.45) is 0 Å². The highest BCUT2D eigenvalue weighted by Crippen LogP contribution is 2.20. The maximum Gasteiger partial charge on any atom is 0.235 e. The van der Waals surface area contributed by atoms with Crippen LogP contribution in [0.15, 0.2) is 22.9 Å². The third kappa shape index (κ3) is 4.15. The van der Waals surface area contributed by atoms with Crippen LogP contribution in [0.25, 0.3) is 0 Å². The number of sulfonamides is 1. The van der Waals surface area contributed by atoms with Gasteiger partial charge >= 0.3 is 0 Å². The quantitative estimate of drug-likeness (QED) is 0.887. The number of pyridine rings is 1. The van der Waals surface area contributed by atoms with Crippen LogP contribution in [-0.2, 0) is 14.8 Å². The zero-order valence-corrected chi connectivity index (χ0v) is 10.5. The van der Waals surface area contributed by atoms with Crippen LogP contribution < -0.4 is 4.72 Å². The van der Waals surface area contributed by atoms with E-state index in [9.17, 15) is 8.42 Å². The van der Waals surface area contributed by atoms with Crippen molar-refractivity contribution in [3.63, 3.8) is 0 Å². The molecular weight excluding hydrogens is 284 g/mol. The van der Waals surface area contributed by atoms with E-state index in [4.69, 9.17) is 4.74 Å². The smallest absolute Gasteiger partial charge is 0.235 e. The van der Waals surface area contributed by atoms with Crippen molar-refractivity contribution in [2.45, 2.75) is 0 Å². The second-order valence-electron chi connectivity index (χ2n) is 2.77. The Hall–Kier alpha value is -0.660. The highest BCUT2D eigenvalue weighted by molar-refractivity contribution is 9.10. The Morgan fingerprint density at radius 3 is 2.93 bits per heavy atom. The summed E-state index contributed by atoms with van der Waals surface area (Å²) in [5.41, 5.74) is 0.473. The van der Waals surface area contributed by atoms with Crippen LogP contribution in [-0.4, -0.2) is 32.9 Å². The lowest BCUT2D eigenvalue weighted by Crippen LogP contribution is -2.19. The molecule has 0 radical (unpaired) electrons. The van der Waals surface area contributed by atoms with E-state index >= 15 is 0 Å². The monoisotopic (exact) mass is 294 g/mol. The van der Waals surface area contributed by atoms with Gasteiger partial charge in [0.05, 0.1) is 22.5 Å². The van der Waals surface area contributed by atoms with Gasteiger partial charge in [-0.3, -0.25) is 9.71 Å². The molecule has 0 amide bonds. The van der Waals surface area contributed by atoms with Crippen molar-refractivity contribution in [1.82, 2.24) is 4.98 Å². The van der Waals surface area contributed by atoms with Gasteiger partial charge in [0, 0.05) is 19.5 Å². The van der Waals surface area contributed by atoms with E-state index in [2.05, 4.69) is 25.6 Å². The third-order valence-electron chi connectivity index (χ3n) is 1.59. The third-order valence-corrected chi connectivity index (χ3v) is 3.46. The minimum absolute atomic E-state index is 0.0712. The molecule has 1 aromatic heterocycles. The predicted molar refractivity (Wildman–Crippen MR) is 61.2 cm³/mol. The fraction of sp³-hybridized carbons (Fsp3) is 0.375. The minimum atomic E-state index is -3.35. The normalized spacial score (nSPS) is 11.3. The lowest BCUT2D eigenvalue weighted by atomic mass is 10.4. The van der Waals surface area contributed by atoms with E-state index in [1.54, 1.807) is 6.07 Å². The van der Waals surface area contributed by atoms with Gasteiger partial charge in [0.25, 0.3) is 0 Å². The van der Waals surface area contributed by atoms with Crippen molar-refractivity contribution < 1.29 is 13.2 Å². The average Bonchev–Trinajstić information content (AvgIpc) is 2.18. The number of hydrogen-bond acceptors (Lipinski definition) is 4. The summed E-state index contributed by atoms with van der Waals surface area (Å²) < 4.78 is 30.7. The zero-order valence-electron chi connectivity index (χ0n) is 8.10. The van der Waals surface area contributed by atoms with Crippen molar-refractivity contribution >= 4 is 31.6 Å². The highest BCUT2D eigenvalue weighted by atomic mass is 79.9. The summed E-state index contributed by atoms with van der Waals surface area (Å²) in [5, 5.41) is 0. The van der Waals surface area contributed by atoms with Crippen LogP contribution in [0, 0.1) is 0 Å². The van der Waals surface area contributed by atoms with Gasteiger partial charge in [0.1, 0.15) is 0 Å². The van der Waals surface area contributed by atoms with Gasteiger partial charge in [0.2, 0.25) is 10.0 Å². The second kappa shape index (κ2) is 5.43. The number of methoxy groups -OCH3 is 1. The van der Waals surface area contributed by atoms with Crippen molar-refractivity contribution in [2.75, 3.05) is 24.2 Å². The average molecular weight is 295 g/mol. The molecule has 1 heterocycles. The molecule has 0 aliphatic carbocycles. The van der Waals surface area contributed by atoms with Crippen molar-refractivity contribution in [3.05, 3.63) is 22.9 Å². The van der Waals surface area contributed by atoms with Gasteiger partial charge in [-0.1, -0.05) is 0 Å². The number of ether oxygens (including phenoxy) is 1. The molecule has 0 saturated heterocycles. The fourth-order valence-corrected chi connectivity index (χ4v) is 2.35. The summed E-state index contributed by atoms with van der Waals surface area (Å²) in [4.78, 5) is 3.83. The van der Waals surface area contributed by atoms with Crippen LogP contribution in [0.3, 0.4) is 0 Å². The molecule has 1 aromatic rings. The lowest BCUT2D eigenvalue weighted by molar-refractivity contribution is 0.217. The SMILES string of the molecule is COCCS(=O)(=O)Nc1ccncc1Br. The molecule has 0 fully saturated rings. The van der Waals surface area contributed by atoms with Gasteiger partial charge in [-0.15, -0.1) is 0 Å². The molecule has 0 aliphatic heterocycles. The molecule has 84 valence electrons. The lowest BCUT2D eigenvalue weighted by Gasteiger charge is -2.08. The zero-order chi connectivity index (χ0) is 11.3. The first-order chi connectivity index (χ1) is 7.05. The predicted octanol–water partition coefficient (Wildman–Crippen LogP) is 1.23. The van der Waals surface area contributed by atoms with Gasteiger partial charge < -0.3 is 4.74 Å². The summed E-state index contributed by atoms with van der Waals surface area (Å²) >= 11 is 3.20. The Balaban J connectivity index is 2.74. The van der Waals surface area contributed by atoms with E-state index in [0.717, 1.165) is 0 Å². The highest BCUT2D eigenvalue weighted by Gasteiger charge is 2.11. The number of rotatable bonds is 5. The number of anilines is 1. The Kier molecular flexibility index (Phi) is 4.49. The molecule has 0 saturated carbocycles. The summed E-state index contributed by atoms with van der Waals surface area (Å²) in [7, 11) is -1.90. The van der Waals surface area contributed by atoms with Crippen LogP contribution in [0.4, 0.5) is 5.69 Å². The molecule has 0 unspecified atom stereocenters. The Morgan fingerprint density at radius 1 is 1.60 bits per heavy atom. The van der Waals surface area contributed by atoms with Crippen molar-refractivity contribution in [1.29, 1.82) is 0 Å². The summed E-state index contributed by atoms with van der Waals surface area (Å²) in [6.45, 7) is 0.165. The fourth-order valence-electron chi connectivity index (χ4n) is 0.870. The van der Waals surface area contributed by atoms with Gasteiger partial charge in [0.15, 0.2) is 0 Å². The molecular formula is C8H11BrN2O3S. The maximum absolute atomic E-state index is 11.5. The van der Waals surface area contributed by atoms with E-state index in [1.807, 2.05) is 0 Å². The van der Waals surface area contributed by atoms with Crippen molar-refractivity contribution in [3.8, 4) is 0 Å². The van der Waals surface area contributed by atoms with Gasteiger partial charge in [-0.25, -0.2) is 8.42 Å². The Bertz CT molecular complexity index is 422. The summed E-state index contributed by atoms with van der Waals surface area (Å²) in [5.74, 6) is -0.0712. The Morgan fingerprint density at radius 2 is 2.33 bits per heavy atom. The first-order valence-corrected chi connectivity index (χ1v) is 6.58. The van der Waals surface area contributed by atoms with E-state index in [1.165, 1.54) is 19.5 Å². The molecule has 0 atom stereocenters. The van der Waals surface area contributed by atoms with Crippen LogP contribution in [0.1, 0.15) is 0 Å². The van der Waals surface area contributed by atoms with Crippen LogP contribution >= 0.6 is 15.9 Å². The number of nitrogens with zero attached hydrogens (tertiary/aromatic N) is 1. The molecule has 5 nitrogen and oxygen atoms in total. The Labute approximate surface area is 97.0 Å². The van der Waals surface area contributed by atoms with Gasteiger partial charge in [-0.05, 0) is 22.0 Å². The number of aromatic nitrogens is 1. The maximum atomic E-state index is 11.5. The van der Waals surface area contributed by atoms with E-state index in [-0.39, 0.29) is 12.4 Å². The molecule has 1 N–H and O–H groups in total. The molecule has 1 rings (SSSR count). The minimum Gasteiger partial charge on any atom is -0.384 e. The van der Waals surface area contributed by atoms with Gasteiger partial charge in [-0.2, -0.15) is 0 Å². The van der Waals surface area contributed by atoms with Crippen LogP contribution in [0.5, 0.6) is 0 Å². The molecule has 15 heavy (non-hydrogen) atoms. The first kappa shape index (κ1) is 12.4. The molecule has 7 heteroatoms. The summed E-state index contributed by atoms with van der Waals surface area (Å²) in [6.07, 6.45) is 3.03.